The van der Waals surface area contributed by atoms with Crippen molar-refractivity contribution in [1.29, 1.82) is 0 Å². The predicted octanol–water partition coefficient (Wildman–Crippen LogP) is 13.8. The molecule has 1 aliphatic rings. The van der Waals surface area contributed by atoms with E-state index in [1.165, 1.54) is 71.6 Å². The molecule has 2 heterocycles. The number of pyridine rings is 1. The van der Waals surface area contributed by atoms with E-state index in [-0.39, 0.29) is 0 Å². The van der Waals surface area contributed by atoms with Crippen molar-refractivity contribution in [2.75, 3.05) is 0 Å². The van der Waals surface area contributed by atoms with Crippen LogP contribution in [0, 0.1) is 0 Å². The zero-order valence-electron chi connectivity index (χ0n) is 30.4. The molecule has 0 spiro atoms. The molecular formula is C53H33N3. The van der Waals surface area contributed by atoms with Crippen molar-refractivity contribution in [1.82, 2.24) is 15.0 Å². The maximum absolute atomic E-state index is 5.02. The third-order valence-electron chi connectivity index (χ3n) is 11.1. The minimum Gasteiger partial charge on any atom is -0.253 e. The summed E-state index contributed by atoms with van der Waals surface area (Å²) in [6.45, 7) is 0. The molecule has 8 aromatic carbocycles. The molecule has 11 rings (SSSR count). The third kappa shape index (κ3) is 5.17. The van der Waals surface area contributed by atoms with E-state index in [1.54, 1.807) is 6.20 Å². The van der Waals surface area contributed by atoms with Gasteiger partial charge in [-0.1, -0.05) is 176 Å². The molecule has 0 amide bonds. The molecule has 260 valence electrons. The Labute approximate surface area is 325 Å². The molecule has 56 heavy (non-hydrogen) atoms. The first-order chi connectivity index (χ1) is 27.8. The molecule has 0 N–H and O–H groups in total. The van der Waals surface area contributed by atoms with Gasteiger partial charge in [0.1, 0.15) is 5.69 Å². The van der Waals surface area contributed by atoms with Gasteiger partial charge in [0, 0.05) is 17.3 Å². The lowest BCUT2D eigenvalue weighted by Crippen LogP contribution is -1.97. The van der Waals surface area contributed by atoms with E-state index in [2.05, 4.69) is 163 Å². The molecule has 10 aromatic rings. The highest BCUT2D eigenvalue weighted by molar-refractivity contribution is 6.28. The van der Waals surface area contributed by atoms with Gasteiger partial charge in [-0.25, -0.2) is 9.97 Å². The fraction of sp³-hybridized carbons (Fsp3) is 0. The smallest absolute Gasteiger partial charge is 0.179 e. The van der Waals surface area contributed by atoms with Crippen LogP contribution in [-0.2, 0) is 0 Å². The lowest BCUT2D eigenvalue weighted by molar-refractivity contribution is 1.15. The third-order valence-corrected chi connectivity index (χ3v) is 11.1. The van der Waals surface area contributed by atoms with Crippen LogP contribution in [0.15, 0.2) is 200 Å². The molecular weight excluding hydrogens is 679 g/mol. The van der Waals surface area contributed by atoms with Crippen LogP contribution in [0.25, 0.3) is 111 Å². The fourth-order valence-corrected chi connectivity index (χ4v) is 8.64. The second-order valence-corrected chi connectivity index (χ2v) is 14.3. The minimum atomic E-state index is 0.607. The Hall–Kier alpha value is -7.49. The summed E-state index contributed by atoms with van der Waals surface area (Å²) >= 11 is 0. The number of nitrogens with zero attached hydrogens (tertiary/aromatic N) is 3. The Morgan fingerprint density at radius 1 is 0.286 bits per heavy atom. The molecule has 0 aliphatic heterocycles. The number of rotatable bonds is 6. The molecule has 0 atom stereocenters. The van der Waals surface area contributed by atoms with E-state index < -0.39 is 0 Å². The quantitative estimate of drug-likeness (QED) is 0.172. The van der Waals surface area contributed by atoms with Crippen molar-refractivity contribution >= 4 is 21.5 Å². The number of benzene rings is 8. The highest BCUT2D eigenvalue weighted by atomic mass is 14.9. The lowest BCUT2D eigenvalue weighted by atomic mass is 9.82. The van der Waals surface area contributed by atoms with E-state index in [4.69, 9.17) is 9.97 Å². The fourth-order valence-electron chi connectivity index (χ4n) is 8.64. The maximum atomic E-state index is 5.02. The summed E-state index contributed by atoms with van der Waals surface area (Å²) < 4.78 is 0. The number of hydrogen-bond acceptors (Lipinski definition) is 3. The maximum Gasteiger partial charge on any atom is 0.179 e. The zero-order chi connectivity index (χ0) is 37.0. The largest absolute Gasteiger partial charge is 0.253 e. The van der Waals surface area contributed by atoms with Crippen LogP contribution in [0.4, 0.5) is 0 Å². The van der Waals surface area contributed by atoms with Gasteiger partial charge in [-0.15, -0.1) is 0 Å². The van der Waals surface area contributed by atoms with Gasteiger partial charge >= 0.3 is 0 Å². The van der Waals surface area contributed by atoms with Gasteiger partial charge < -0.3 is 0 Å². The molecule has 2 aromatic heterocycles. The predicted molar refractivity (Wildman–Crippen MR) is 232 cm³/mol. The second kappa shape index (κ2) is 13.1. The first kappa shape index (κ1) is 32.0. The van der Waals surface area contributed by atoms with Gasteiger partial charge in [-0.05, 0) is 95.4 Å². The van der Waals surface area contributed by atoms with Crippen molar-refractivity contribution in [3.63, 3.8) is 0 Å². The summed E-state index contributed by atoms with van der Waals surface area (Å²) in [5.74, 6) is 0.607. The van der Waals surface area contributed by atoms with Crippen LogP contribution in [0.2, 0.25) is 0 Å². The second-order valence-electron chi connectivity index (χ2n) is 14.3. The molecule has 0 bridgehead atoms. The van der Waals surface area contributed by atoms with Gasteiger partial charge in [0.05, 0.1) is 11.4 Å². The number of aromatic nitrogens is 3. The van der Waals surface area contributed by atoms with Crippen molar-refractivity contribution < 1.29 is 0 Å². The Balaban J connectivity index is 1.09. The summed E-state index contributed by atoms with van der Waals surface area (Å²) in [6, 6.07) is 69.2. The molecule has 0 radical (unpaired) electrons. The normalized spacial score (nSPS) is 11.6. The number of fused-ring (bicyclic) bond motifs is 4. The Morgan fingerprint density at radius 3 is 1.36 bits per heavy atom. The van der Waals surface area contributed by atoms with Crippen LogP contribution in [0.1, 0.15) is 0 Å². The Bertz CT molecular complexity index is 2940. The van der Waals surface area contributed by atoms with E-state index in [9.17, 15) is 0 Å². The lowest BCUT2D eigenvalue weighted by Gasteiger charge is -2.20. The molecule has 0 saturated carbocycles. The van der Waals surface area contributed by atoms with E-state index in [1.807, 2.05) is 36.4 Å². The molecule has 3 heteroatoms. The average Bonchev–Trinajstić information content (AvgIpc) is 3.61. The van der Waals surface area contributed by atoms with Gasteiger partial charge in [0.15, 0.2) is 5.82 Å². The van der Waals surface area contributed by atoms with Gasteiger partial charge in [-0.3, -0.25) is 4.98 Å². The summed E-state index contributed by atoms with van der Waals surface area (Å²) in [4.78, 5) is 14.5. The SMILES string of the molecule is c1ccc(-c2cc(-c3ccc(-c4ccc5c6c(cccc46)-c4c-5c(-c5ccccc5)c5ccccc5c4-c4ccccc4)cc3)nc(-c3ccccn3)n2)cc1. The van der Waals surface area contributed by atoms with E-state index in [0.29, 0.717) is 5.82 Å². The Morgan fingerprint density at radius 2 is 0.768 bits per heavy atom. The van der Waals surface area contributed by atoms with Crippen LogP contribution >= 0.6 is 0 Å². The molecule has 0 unspecified atom stereocenters. The van der Waals surface area contributed by atoms with Crippen LogP contribution < -0.4 is 0 Å². The number of hydrogen-bond donors (Lipinski definition) is 0. The van der Waals surface area contributed by atoms with Crippen molar-refractivity contribution in [2.45, 2.75) is 0 Å². The highest BCUT2D eigenvalue weighted by Gasteiger charge is 2.31. The van der Waals surface area contributed by atoms with Gasteiger partial charge in [0.25, 0.3) is 0 Å². The Kier molecular flexibility index (Phi) is 7.49. The summed E-state index contributed by atoms with van der Waals surface area (Å²) in [5.41, 5.74) is 17.1. The summed E-state index contributed by atoms with van der Waals surface area (Å²) in [7, 11) is 0. The standard InChI is InChI=1S/C53H33N3/c1-4-15-35(16-5-1)46-33-47(56-53(55-46)45-25-12-13-32-54-45)36-28-26-34(27-29-36)39-30-31-44-50-40(39)23-14-24-43(50)51-48(37-17-6-2-7-18-37)41-21-10-11-22-42(41)49(52(44)51)38-19-8-3-9-20-38/h1-33H. The minimum absolute atomic E-state index is 0.607. The first-order valence-corrected chi connectivity index (χ1v) is 19.0. The summed E-state index contributed by atoms with van der Waals surface area (Å²) in [5, 5.41) is 5.08. The van der Waals surface area contributed by atoms with Crippen LogP contribution in [0.3, 0.4) is 0 Å². The van der Waals surface area contributed by atoms with Crippen LogP contribution in [-0.4, -0.2) is 15.0 Å². The van der Waals surface area contributed by atoms with Gasteiger partial charge in [-0.2, -0.15) is 0 Å². The van der Waals surface area contributed by atoms with Crippen molar-refractivity contribution in [2.24, 2.45) is 0 Å². The van der Waals surface area contributed by atoms with Crippen molar-refractivity contribution in [3.05, 3.63) is 200 Å². The molecule has 3 nitrogen and oxygen atoms in total. The zero-order valence-corrected chi connectivity index (χ0v) is 30.4. The average molecular weight is 712 g/mol. The van der Waals surface area contributed by atoms with Crippen LogP contribution in [0.5, 0.6) is 0 Å². The molecule has 0 fully saturated rings. The first-order valence-electron chi connectivity index (χ1n) is 19.0. The highest BCUT2D eigenvalue weighted by Crippen LogP contribution is 2.58. The topological polar surface area (TPSA) is 38.7 Å². The van der Waals surface area contributed by atoms with Gasteiger partial charge in [0.2, 0.25) is 0 Å². The molecule has 0 saturated heterocycles. The van der Waals surface area contributed by atoms with E-state index in [0.717, 1.165) is 33.8 Å². The monoisotopic (exact) mass is 711 g/mol. The van der Waals surface area contributed by atoms with E-state index >= 15 is 0 Å². The molecule has 1 aliphatic carbocycles. The van der Waals surface area contributed by atoms with Crippen molar-refractivity contribution in [3.8, 4) is 89.7 Å². The summed E-state index contributed by atoms with van der Waals surface area (Å²) in [6.07, 6.45) is 1.78.